The average Bonchev–Trinajstić information content (AvgIpc) is 3.37. The van der Waals surface area contributed by atoms with Crippen molar-refractivity contribution in [3.63, 3.8) is 0 Å². The number of rotatable bonds is 10. The summed E-state index contributed by atoms with van der Waals surface area (Å²) in [6.07, 6.45) is 1.02. The summed E-state index contributed by atoms with van der Waals surface area (Å²) in [6, 6.07) is 12.3. The third kappa shape index (κ3) is 8.25. The summed E-state index contributed by atoms with van der Waals surface area (Å²) < 4.78 is 67.9. The molecule has 0 N–H and O–H groups in total. The van der Waals surface area contributed by atoms with E-state index in [1.165, 1.54) is 12.1 Å². The van der Waals surface area contributed by atoms with Crippen LogP contribution in [0.4, 0.5) is 17.6 Å². The van der Waals surface area contributed by atoms with E-state index in [9.17, 15) is 27.2 Å². The molecule has 2 saturated heterocycles. The molecular formula is C42H52F4N4O4. The lowest BCUT2D eigenvalue weighted by atomic mass is 9.71. The van der Waals surface area contributed by atoms with Gasteiger partial charge in [0.25, 0.3) is 5.91 Å². The largest absolute Gasteiger partial charge is 0.456 e. The number of benzene rings is 2. The summed E-state index contributed by atoms with van der Waals surface area (Å²) in [6.45, 7) is 13.8. The Hall–Kier alpha value is -3.77. The lowest BCUT2D eigenvalue weighted by molar-refractivity contribution is -0.182. The van der Waals surface area contributed by atoms with Gasteiger partial charge in [-0.05, 0) is 93.0 Å². The molecule has 8 nitrogen and oxygen atoms in total. The van der Waals surface area contributed by atoms with Gasteiger partial charge in [0.05, 0.1) is 43.0 Å². The van der Waals surface area contributed by atoms with E-state index in [0.717, 1.165) is 30.6 Å². The maximum atomic E-state index is 13.9. The molecule has 3 aromatic rings. The van der Waals surface area contributed by atoms with Gasteiger partial charge in [-0.15, -0.1) is 0 Å². The van der Waals surface area contributed by atoms with Gasteiger partial charge in [-0.25, -0.2) is 9.18 Å². The maximum absolute atomic E-state index is 13.9. The van der Waals surface area contributed by atoms with Crippen molar-refractivity contribution in [2.24, 2.45) is 22.7 Å². The Balaban J connectivity index is 1.06. The fourth-order valence-corrected chi connectivity index (χ4v) is 9.04. The molecule has 2 saturated carbocycles. The number of carbonyl (C=O) groups excluding carboxylic acids is 2. The molecule has 1 spiro atoms. The highest BCUT2D eigenvalue weighted by atomic mass is 19.4. The summed E-state index contributed by atoms with van der Waals surface area (Å²) in [5.41, 5.74) is 2.54. The van der Waals surface area contributed by atoms with Gasteiger partial charge in [0.15, 0.2) is 0 Å². The van der Waals surface area contributed by atoms with Gasteiger partial charge in [-0.2, -0.15) is 18.3 Å². The number of carbonyl (C=O) groups is 2. The predicted molar refractivity (Wildman–Crippen MR) is 195 cm³/mol. The van der Waals surface area contributed by atoms with Crippen LogP contribution in [0.3, 0.4) is 0 Å². The highest BCUT2D eigenvalue weighted by Crippen LogP contribution is 2.55. The fraction of sp³-hybridized carbons (Fsp3) is 0.595. The van der Waals surface area contributed by atoms with Gasteiger partial charge < -0.3 is 14.4 Å². The van der Waals surface area contributed by atoms with E-state index in [1.54, 1.807) is 50.0 Å². The van der Waals surface area contributed by atoms with Crippen LogP contribution in [0.25, 0.3) is 0 Å². The molecule has 2 aliphatic carbocycles. The second kappa shape index (κ2) is 14.4. The first-order chi connectivity index (χ1) is 25.4. The predicted octanol–water partition coefficient (Wildman–Crippen LogP) is 8.25. The quantitative estimate of drug-likeness (QED) is 0.153. The third-order valence-corrected chi connectivity index (χ3v) is 12.2. The summed E-state index contributed by atoms with van der Waals surface area (Å²) in [4.78, 5) is 32.1. The van der Waals surface area contributed by atoms with Crippen LogP contribution in [0.15, 0.2) is 54.9 Å². The smallest absolute Gasteiger partial charge is 0.391 e. The van der Waals surface area contributed by atoms with Gasteiger partial charge in [0.2, 0.25) is 0 Å². The van der Waals surface area contributed by atoms with Gasteiger partial charge in [-0.1, -0.05) is 44.2 Å². The molecule has 1 aromatic heterocycles. The second-order valence-corrected chi connectivity index (χ2v) is 17.9. The third-order valence-electron chi connectivity index (χ3n) is 12.2. The second-order valence-electron chi connectivity index (χ2n) is 17.9. The Bertz CT molecular complexity index is 1840. The standard InChI is InChI=1S/C42H52F4N4O4/c1-39(2,3)54-38(52)36-29(7-6-8-34(36)28-11-13-31(14-12-28)42(44,45)46)22-53-23-32-21-48(24-41(32)25-49(26-41)35-17-40(35,4)5)37(51)30-18-47-50(20-30)19-27-9-15-33(43)16-10-27/h6-10,15-16,18,20,28,31-32,35H,11-14,17,19,21-26H2,1-5H3. The number of halogens is 4. The van der Waals surface area contributed by atoms with Crippen LogP contribution in [0.5, 0.6) is 0 Å². The number of ether oxygens (including phenoxy) is 2. The number of hydrogen-bond donors (Lipinski definition) is 0. The monoisotopic (exact) mass is 752 g/mol. The number of aromatic nitrogens is 2. The zero-order chi connectivity index (χ0) is 38.6. The van der Waals surface area contributed by atoms with Crippen LogP contribution >= 0.6 is 0 Å². The van der Waals surface area contributed by atoms with Crippen molar-refractivity contribution in [2.45, 2.75) is 104 Å². The molecule has 2 atom stereocenters. The van der Waals surface area contributed by atoms with Crippen LogP contribution in [0.1, 0.15) is 110 Å². The van der Waals surface area contributed by atoms with E-state index in [-0.39, 0.29) is 53.8 Å². The summed E-state index contributed by atoms with van der Waals surface area (Å²) in [5, 5.41) is 4.41. The van der Waals surface area contributed by atoms with Gasteiger partial charge in [0.1, 0.15) is 11.4 Å². The molecule has 4 aliphatic rings. The van der Waals surface area contributed by atoms with Gasteiger partial charge >= 0.3 is 12.1 Å². The summed E-state index contributed by atoms with van der Waals surface area (Å²) >= 11 is 0. The number of esters is 1. The number of likely N-dealkylation sites (tertiary alicyclic amines) is 2. The normalized spacial score (nSPS) is 25.1. The lowest BCUT2D eigenvalue weighted by Crippen LogP contribution is -2.62. The molecular weight excluding hydrogens is 700 g/mol. The van der Waals surface area contributed by atoms with Crippen molar-refractivity contribution in [3.05, 3.63) is 88.5 Å². The van der Waals surface area contributed by atoms with Crippen molar-refractivity contribution in [1.82, 2.24) is 19.6 Å². The minimum Gasteiger partial charge on any atom is -0.456 e. The Morgan fingerprint density at radius 2 is 1.65 bits per heavy atom. The Morgan fingerprint density at radius 1 is 0.963 bits per heavy atom. The van der Waals surface area contributed by atoms with E-state index in [4.69, 9.17) is 9.47 Å². The average molecular weight is 753 g/mol. The van der Waals surface area contributed by atoms with Crippen molar-refractivity contribution < 1.29 is 36.6 Å². The minimum absolute atomic E-state index is 0.0335. The zero-order valence-electron chi connectivity index (χ0n) is 31.9. The molecule has 2 aliphatic heterocycles. The fourth-order valence-electron chi connectivity index (χ4n) is 9.04. The van der Waals surface area contributed by atoms with Crippen LogP contribution in [0, 0.1) is 28.5 Å². The Morgan fingerprint density at radius 3 is 2.28 bits per heavy atom. The number of alkyl halides is 3. The minimum atomic E-state index is -4.22. The Kier molecular flexibility index (Phi) is 10.3. The number of amides is 1. The van der Waals surface area contributed by atoms with E-state index < -0.39 is 23.7 Å². The SMILES string of the molecule is CC(C)(C)OC(=O)c1c(COCC2CN(C(=O)c3cnn(Cc4ccc(F)cc4)c3)CC23CN(C2CC2(C)C)C3)cccc1C1CCC(C(F)(F)F)CC1. The van der Waals surface area contributed by atoms with Crippen molar-refractivity contribution in [2.75, 3.05) is 32.8 Å². The summed E-state index contributed by atoms with van der Waals surface area (Å²) in [7, 11) is 0. The highest BCUT2D eigenvalue weighted by Gasteiger charge is 2.61. The molecule has 1 amide bonds. The lowest BCUT2D eigenvalue weighted by Gasteiger charge is -2.52. The first kappa shape index (κ1) is 38.5. The van der Waals surface area contributed by atoms with E-state index >= 15 is 0 Å². The zero-order valence-corrected chi connectivity index (χ0v) is 31.9. The first-order valence-corrected chi connectivity index (χ1v) is 19.2. The first-order valence-electron chi connectivity index (χ1n) is 19.2. The molecule has 0 radical (unpaired) electrons. The molecule has 2 unspecified atom stereocenters. The van der Waals surface area contributed by atoms with Crippen LogP contribution in [-0.2, 0) is 22.6 Å². The van der Waals surface area contributed by atoms with Crippen LogP contribution in [0.2, 0.25) is 0 Å². The molecule has 292 valence electrons. The van der Waals surface area contributed by atoms with Gasteiger partial charge in [-0.3, -0.25) is 14.4 Å². The van der Waals surface area contributed by atoms with E-state index in [1.807, 2.05) is 23.1 Å². The molecule has 54 heavy (non-hydrogen) atoms. The van der Waals surface area contributed by atoms with Crippen molar-refractivity contribution in [3.8, 4) is 0 Å². The molecule has 4 fully saturated rings. The summed E-state index contributed by atoms with van der Waals surface area (Å²) in [5.74, 6) is -2.34. The molecule has 12 heteroatoms. The van der Waals surface area contributed by atoms with E-state index in [2.05, 4.69) is 23.8 Å². The highest BCUT2D eigenvalue weighted by molar-refractivity contribution is 5.94. The van der Waals surface area contributed by atoms with Gasteiger partial charge in [0, 0.05) is 49.8 Å². The Labute approximate surface area is 315 Å². The number of nitrogens with zero attached hydrogens (tertiary/aromatic N) is 4. The van der Waals surface area contributed by atoms with Crippen molar-refractivity contribution in [1.29, 1.82) is 0 Å². The van der Waals surface area contributed by atoms with Crippen LogP contribution < -0.4 is 0 Å². The van der Waals surface area contributed by atoms with E-state index in [0.29, 0.717) is 61.8 Å². The molecule has 3 heterocycles. The topological polar surface area (TPSA) is 76.9 Å². The number of hydrogen-bond acceptors (Lipinski definition) is 6. The molecule has 2 aromatic carbocycles. The molecule has 0 bridgehead atoms. The maximum Gasteiger partial charge on any atom is 0.391 e. The van der Waals surface area contributed by atoms with Crippen LogP contribution in [-0.4, -0.2) is 82.1 Å². The van der Waals surface area contributed by atoms with Crippen molar-refractivity contribution >= 4 is 11.9 Å². The molecule has 7 rings (SSSR count).